The lowest BCUT2D eigenvalue weighted by Gasteiger charge is -2.08. The minimum Gasteiger partial charge on any atom is -0.390 e. The number of amides is 1. The van der Waals surface area contributed by atoms with Crippen molar-refractivity contribution in [1.29, 1.82) is 0 Å². The van der Waals surface area contributed by atoms with Gasteiger partial charge in [-0.05, 0) is 18.4 Å². The van der Waals surface area contributed by atoms with Crippen LogP contribution >= 0.6 is 0 Å². The molecule has 3 rings (SSSR count). The van der Waals surface area contributed by atoms with Crippen LogP contribution in [0.25, 0.3) is 11.3 Å². The molecule has 3 aromatic rings. The summed E-state index contributed by atoms with van der Waals surface area (Å²) in [6.45, 7) is 0.498. The summed E-state index contributed by atoms with van der Waals surface area (Å²) in [5, 5.41) is 22.2. The monoisotopic (exact) mass is 403 g/mol. The Labute approximate surface area is 162 Å². The molecule has 0 saturated carbocycles. The number of nitrogens with zero attached hydrogens (tertiary/aromatic N) is 2. The van der Waals surface area contributed by atoms with Gasteiger partial charge in [-0.15, -0.1) is 0 Å². The second kappa shape index (κ2) is 8.83. The Balaban J connectivity index is 1.44. The number of H-pyrrole nitrogens is 1. The molecule has 0 aliphatic rings. The maximum absolute atomic E-state index is 12.5. The van der Waals surface area contributed by atoms with Gasteiger partial charge in [-0.1, -0.05) is 35.5 Å². The minimum atomic E-state index is -2.77. The number of aliphatic hydroxyl groups is 1. The Morgan fingerprint density at radius 2 is 2.04 bits per heavy atom. The predicted octanol–water partition coefficient (Wildman–Crippen LogP) is 0.957. The normalized spacial score (nSPS) is 13.2. The molecule has 2 heterocycles. The molecule has 148 valence electrons. The van der Waals surface area contributed by atoms with E-state index in [1.807, 2.05) is 30.3 Å². The van der Waals surface area contributed by atoms with Gasteiger partial charge in [-0.25, -0.2) is 8.93 Å². The molecule has 10 heteroatoms. The standard InChI is InChI=1S/C18H21N5O4S/c1-28(26,17-10-14(12-24)21-22-17)20-9-5-8-19-18(25)15-11-16(27-23-15)13-6-3-2-4-7-13/h2-4,6-7,10-11,24H,1,5,8-9,12H2,(H,19,25)(H,20,26)(H,21,22). The van der Waals surface area contributed by atoms with Gasteiger partial charge < -0.3 is 14.9 Å². The second-order valence-corrected chi connectivity index (χ2v) is 8.07. The van der Waals surface area contributed by atoms with Crippen LogP contribution in [0, 0.1) is 0 Å². The van der Waals surface area contributed by atoms with Crippen molar-refractivity contribution < 1.29 is 18.6 Å². The number of hydrogen-bond acceptors (Lipinski definition) is 6. The predicted molar refractivity (Wildman–Crippen MR) is 105 cm³/mol. The van der Waals surface area contributed by atoms with Crippen LogP contribution in [-0.2, 0) is 16.3 Å². The van der Waals surface area contributed by atoms with Crippen molar-refractivity contribution in [1.82, 2.24) is 25.4 Å². The van der Waals surface area contributed by atoms with Crippen molar-refractivity contribution in [3.63, 3.8) is 0 Å². The van der Waals surface area contributed by atoms with Crippen molar-refractivity contribution in [3.8, 4) is 11.3 Å². The summed E-state index contributed by atoms with van der Waals surface area (Å²) in [5.74, 6) is 3.82. The van der Waals surface area contributed by atoms with Crippen molar-refractivity contribution in [2.24, 2.45) is 0 Å². The largest absolute Gasteiger partial charge is 0.390 e. The molecular formula is C18H21N5O4S. The molecule has 0 saturated heterocycles. The molecule has 0 aliphatic carbocycles. The highest BCUT2D eigenvalue weighted by Gasteiger charge is 2.14. The zero-order chi connectivity index (χ0) is 20.0. The molecule has 1 amide bonds. The molecule has 2 aromatic heterocycles. The second-order valence-electron chi connectivity index (χ2n) is 6.01. The summed E-state index contributed by atoms with van der Waals surface area (Å²) in [6.07, 6.45) is 0.527. The lowest BCUT2D eigenvalue weighted by atomic mass is 10.1. The third-order valence-electron chi connectivity index (χ3n) is 3.89. The Bertz CT molecular complexity index is 1030. The Morgan fingerprint density at radius 1 is 1.25 bits per heavy atom. The fourth-order valence-electron chi connectivity index (χ4n) is 2.40. The van der Waals surface area contributed by atoms with E-state index in [1.54, 1.807) is 6.07 Å². The first-order valence-electron chi connectivity index (χ1n) is 8.57. The van der Waals surface area contributed by atoms with Gasteiger partial charge in [0.05, 0.1) is 22.0 Å². The van der Waals surface area contributed by atoms with Gasteiger partial charge in [-0.2, -0.15) is 5.10 Å². The molecule has 0 bridgehead atoms. The topological polar surface area (TPSA) is 133 Å². The highest BCUT2D eigenvalue weighted by molar-refractivity contribution is 7.98. The van der Waals surface area contributed by atoms with E-state index in [-0.39, 0.29) is 23.2 Å². The highest BCUT2D eigenvalue weighted by Crippen LogP contribution is 2.19. The quantitative estimate of drug-likeness (QED) is 0.311. The van der Waals surface area contributed by atoms with Gasteiger partial charge in [0.15, 0.2) is 16.5 Å². The summed E-state index contributed by atoms with van der Waals surface area (Å²) < 4.78 is 20.5. The first-order valence-corrected chi connectivity index (χ1v) is 10.3. The van der Waals surface area contributed by atoms with E-state index >= 15 is 0 Å². The molecule has 1 unspecified atom stereocenters. The van der Waals surface area contributed by atoms with Crippen LogP contribution in [0.4, 0.5) is 0 Å². The van der Waals surface area contributed by atoms with Gasteiger partial charge in [0.25, 0.3) is 5.91 Å². The molecule has 9 nitrogen and oxygen atoms in total. The number of hydrogen-bond donors (Lipinski definition) is 4. The van der Waals surface area contributed by atoms with E-state index in [9.17, 15) is 9.00 Å². The molecule has 1 atom stereocenters. The number of nitrogens with one attached hydrogen (secondary N) is 3. The molecule has 1 aromatic carbocycles. The Kier molecular flexibility index (Phi) is 6.24. The van der Waals surface area contributed by atoms with E-state index in [0.29, 0.717) is 31.0 Å². The number of aliphatic hydroxyl groups excluding tert-OH is 1. The van der Waals surface area contributed by atoms with Gasteiger partial charge in [0, 0.05) is 24.7 Å². The molecule has 0 spiro atoms. The molecule has 4 N–H and O–H groups in total. The fourth-order valence-corrected chi connectivity index (χ4v) is 3.55. The van der Waals surface area contributed by atoms with Crippen molar-refractivity contribution >= 4 is 21.5 Å². The maximum atomic E-state index is 12.5. The first-order chi connectivity index (χ1) is 13.5. The number of rotatable bonds is 9. The van der Waals surface area contributed by atoms with Crippen molar-refractivity contribution in [2.75, 3.05) is 13.1 Å². The number of carbonyl (C=O) groups excluding carboxylic acids is 1. The van der Waals surface area contributed by atoms with Gasteiger partial charge in [0.2, 0.25) is 0 Å². The molecule has 28 heavy (non-hydrogen) atoms. The van der Waals surface area contributed by atoms with E-state index < -0.39 is 9.71 Å². The Morgan fingerprint density at radius 3 is 2.75 bits per heavy atom. The average molecular weight is 403 g/mol. The van der Waals surface area contributed by atoms with Crippen molar-refractivity contribution in [3.05, 3.63) is 53.9 Å². The molecule has 0 radical (unpaired) electrons. The smallest absolute Gasteiger partial charge is 0.273 e. The lowest BCUT2D eigenvalue weighted by Crippen LogP contribution is -2.30. The van der Waals surface area contributed by atoms with Crippen LogP contribution in [0.5, 0.6) is 0 Å². The van der Waals surface area contributed by atoms with Gasteiger partial charge in [-0.3, -0.25) is 9.89 Å². The Hall–Kier alpha value is -2.95. The third kappa shape index (κ3) is 4.85. The van der Waals surface area contributed by atoms with Crippen LogP contribution in [-0.4, -0.2) is 49.5 Å². The van der Waals surface area contributed by atoms with Crippen molar-refractivity contribution in [2.45, 2.75) is 18.1 Å². The first kappa shape index (κ1) is 19.8. The van der Waals surface area contributed by atoms with Crippen LogP contribution in [0.2, 0.25) is 0 Å². The number of aromatic amines is 1. The van der Waals surface area contributed by atoms with Gasteiger partial charge >= 0.3 is 0 Å². The summed E-state index contributed by atoms with van der Waals surface area (Å²) in [6, 6.07) is 12.5. The highest BCUT2D eigenvalue weighted by atomic mass is 32.2. The van der Waals surface area contributed by atoms with Crippen LogP contribution in [0.15, 0.2) is 52.0 Å². The SMILES string of the molecule is C=S(=O)(NCCCNC(=O)c1cc(-c2ccccc2)on1)c1cc(CO)[nH]n1. The van der Waals surface area contributed by atoms with E-state index in [4.69, 9.17) is 9.63 Å². The van der Waals surface area contributed by atoms with E-state index in [0.717, 1.165) is 5.56 Å². The lowest BCUT2D eigenvalue weighted by molar-refractivity contribution is 0.0944. The van der Waals surface area contributed by atoms with Gasteiger partial charge in [0.1, 0.15) is 0 Å². The molecule has 0 fully saturated rings. The molecular weight excluding hydrogens is 382 g/mol. The van der Waals surface area contributed by atoms with E-state index in [1.165, 1.54) is 6.07 Å². The summed E-state index contributed by atoms with van der Waals surface area (Å²) in [4.78, 5) is 12.1. The fraction of sp³-hybridized carbons (Fsp3) is 0.222. The summed E-state index contributed by atoms with van der Waals surface area (Å²) in [5.41, 5.74) is 1.50. The number of aromatic nitrogens is 3. The summed E-state index contributed by atoms with van der Waals surface area (Å²) >= 11 is 0. The third-order valence-corrected chi connectivity index (χ3v) is 5.45. The zero-order valence-electron chi connectivity index (χ0n) is 15.1. The average Bonchev–Trinajstić information content (AvgIpc) is 3.38. The zero-order valence-corrected chi connectivity index (χ0v) is 15.9. The van der Waals surface area contributed by atoms with Crippen LogP contribution < -0.4 is 10.0 Å². The number of benzene rings is 1. The number of carbonyl (C=O) groups is 1. The summed E-state index contributed by atoms with van der Waals surface area (Å²) in [7, 11) is -2.77. The maximum Gasteiger partial charge on any atom is 0.273 e. The van der Waals surface area contributed by atoms with Crippen LogP contribution in [0.1, 0.15) is 22.6 Å². The minimum absolute atomic E-state index is 0.195. The van der Waals surface area contributed by atoms with Crippen LogP contribution in [0.3, 0.4) is 0 Å². The molecule has 0 aliphatic heterocycles. The van der Waals surface area contributed by atoms with E-state index in [2.05, 4.69) is 31.3 Å².